The van der Waals surface area contributed by atoms with Crippen molar-refractivity contribution in [3.05, 3.63) is 0 Å². The maximum Gasteiger partial charge on any atom is 0.108 e. The molecular formula is C5H12O3. The number of rotatable bonds is 2. The summed E-state index contributed by atoms with van der Waals surface area (Å²) in [7, 11) is 2.28. The molecule has 2 radical (unpaired) electrons. The summed E-state index contributed by atoms with van der Waals surface area (Å²) in [6, 6.07) is 0. The number of ether oxygens (including phenoxy) is 1. The van der Waals surface area contributed by atoms with E-state index in [1.165, 1.54) is 7.11 Å². The minimum Gasteiger partial charge on any atom is -0.379 e. The summed E-state index contributed by atoms with van der Waals surface area (Å²) >= 11 is 0. The van der Waals surface area contributed by atoms with E-state index < -0.39 is 0 Å². The Hall–Kier alpha value is -0.120. The van der Waals surface area contributed by atoms with Crippen LogP contribution in [0.3, 0.4) is 0 Å². The zero-order valence-corrected chi connectivity index (χ0v) is 5.51. The molecule has 0 bridgehead atoms. The van der Waals surface area contributed by atoms with E-state index in [0.29, 0.717) is 0 Å². The summed E-state index contributed by atoms with van der Waals surface area (Å²) in [5.41, 5.74) is 0. The summed E-state index contributed by atoms with van der Waals surface area (Å²) in [5.74, 6) is 0. The fraction of sp³-hybridized carbons (Fsp3) is 1.00. The number of methoxy groups -OCH3 is 1. The highest BCUT2D eigenvalue weighted by molar-refractivity contribution is 4.38. The molecule has 0 amide bonds. The SMILES string of the molecule is COC(C)C[O].C[O]. The molecule has 0 aliphatic rings. The van der Waals surface area contributed by atoms with Crippen LogP contribution in [0, 0.1) is 0 Å². The van der Waals surface area contributed by atoms with E-state index in [-0.39, 0.29) is 12.7 Å². The average Bonchev–Trinajstić information content (AvgIpc) is 1.91. The highest BCUT2D eigenvalue weighted by Gasteiger charge is 1.91. The van der Waals surface area contributed by atoms with E-state index >= 15 is 0 Å². The second-order valence-electron chi connectivity index (χ2n) is 1.21. The lowest BCUT2D eigenvalue weighted by molar-refractivity contribution is 0.0321. The summed E-state index contributed by atoms with van der Waals surface area (Å²) < 4.78 is 4.59. The molecule has 0 spiro atoms. The van der Waals surface area contributed by atoms with Gasteiger partial charge in [0.15, 0.2) is 0 Å². The normalized spacial score (nSPS) is 11.6. The van der Waals surface area contributed by atoms with Crippen molar-refractivity contribution in [1.29, 1.82) is 0 Å². The molecule has 0 aromatic rings. The first-order valence-electron chi connectivity index (χ1n) is 2.33. The predicted octanol–water partition coefficient (Wildman–Crippen LogP) is 0.498. The van der Waals surface area contributed by atoms with Gasteiger partial charge in [-0.2, -0.15) is 0 Å². The molecule has 1 unspecified atom stereocenters. The molecule has 0 fully saturated rings. The lowest BCUT2D eigenvalue weighted by Crippen LogP contribution is -2.07. The Kier molecular flexibility index (Phi) is 13.5. The summed E-state index contributed by atoms with van der Waals surface area (Å²) in [5, 5.41) is 18.0. The van der Waals surface area contributed by atoms with E-state index in [0.717, 1.165) is 7.11 Å². The molecule has 8 heavy (non-hydrogen) atoms. The number of hydrogen-bond donors (Lipinski definition) is 0. The zero-order chi connectivity index (χ0) is 6.99. The van der Waals surface area contributed by atoms with Crippen molar-refractivity contribution >= 4 is 0 Å². The monoisotopic (exact) mass is 120 g/mol. The van der Waals surface area contributed by atoms with Crippen LogP contribution in [-0.4, -0.2) is 26.9 Å². The van der Waals surface area contributed by atoms with Gasteiger partial charge in [0.2, 0.25) is 0 Å². The highest BCUT2D eigenvalue weighted by atomic mass is 16.5. The van der Waals surface area contributed by atoms with E-state index in [9.17, 15) is 5.11 Å². The molecule has 0 aliphatic heterocycles. The van der Waals surface area contributed by atoms with Crippen LogP contribution in [-0.2, 0) is 14.9 Å². The largest absolute Gasteiger partial charge is 0.379 e. The van der Waals surface area contributed by atoms with Crippen LogP contribution in [0.4, 0.5) is 0 Å². The first-order valence-corrected chi connectivity index (χ1v) is 2.33. The topological polar surface area (TPSA) is 49.0 Å². The third kappa shape index (κ3) is 9.30. The van der Waals surface area contributed by atoms with Gasteiger partial charge >= 0.3 is 0 Å². The summed E-state index contributed by atoms with van der Waals surface area (Å²) in [6.45, 7) is 1.60. The highest BCUT2D eigenvalue weighted by Crippen LogP contribution is 1.80. The molecule has 0 N–H and O–H groups in total. The molecule has 0 aromatic heterocycles. The Labute approximate surface area is 49.9 Å². The van der Waals surface area contributed by atoms with E-state index in [4.69, 9.17) is 5.11 Å². The van der Waals surface area contributed by atoms with Crippen LogP contribution >= 0.6 is 0 Å². The molecule has 3 nitrogen and oxygen atoms in total. The number of hydrogen-bond acceptors (Lipinski definition) is 1. The lowest BCUT2D eigenvalue weighted by Gasteiger charge is -1.99. The van der Waals surface area contributed by atoms with Crippen molar-refractivity contribution in [3.63, 3.8) is 0 Å². The van der Waals surface area contributed by atoms with Gasteiger partial charge in [-0.05, 0) is 6.92 Å². The van der Waals surface area contributed by atoms with Crippen molar-refractivity contribution in [2.24, 2.45) is 0 Å². The van der Waals surface area contributed by atoms with Gasteiger partial charge in [0.25, 0.3) is 0 Å². The fourth-order valence-corrected chi connectivity index (χ4v) is 0.0680. The van der Waals surface area contributed by atoms with Gasteiger partial charge in [0, 0.05) is 7.11 Å². The van der Waals surface area contributed by atoms with Crippen molar-refractivity contribution in [3.8, 4) is 0 Å². The van der Waals surface area contributed by atoms with E-state index in [2.05, 4.69) is 4.74 Å². The van der Waals surface area contributed by atoms with Gasteiger partial charge in [0.1, 0.15) is 6.61 Å². The Morgan fingerprint density at radius 3 is 1.88 bits per heavy atom. The van der Waals surface area contributed by atoms with Crippen LogP contribution in [0.25, 0.3) is 0 Å². The molecule has 0 rings (SSSR count). The standard InChI is InChI=1S/C4H9O2.CH3O/c1-4(3-5)6-2;1-2/h4H,3H2,1-2H3;1H3. The minimum atomic E-state index is -0.142. The van der Waals surface area contributed by atoms with Crippen LogP contribution in [0.1, 0.15) is 6.92 Å². The first-order chi connectivity index (χ1) is 3.81. The summed E-state index contributed by atoms with van der Waals surface area (Å²) in [6.07, 6.45) is -0.120. The average molecular weight is 120 g/mol. The lowest BCUT2D eigenvalue weighted by atomic mass is 10.4. The third-order valence-corrected chi connectivity index (χ3v) is 0.637. The smallest absolute Gasteiger partial charge is 0.108 e. The van der Waals surface area contributed by atoms with Crippen LogP contribution in [0.15, 0.2) is 0 Å². The molecule has 0 aromatic carbocycles. The van der Waals surface area contributed by atoms with Gasteiger partial charge in [-0.1, -0.05) is 0 Å². The van der Waals surface area contributed by atoms with Crippen LogP contribution in [0.2, 0.25) is 0 Å². The molecule has 0 aliphatic carbocycles. The predicted molar refractivity (Wildman–Crippen MR) is 28.6 cm³/mol. The molecule has 0 heterocycles. The third-order valence-electron chi connectivity index (χ3n) is 0.637. The molecule has 50 valence electrons. The molecule has 0 saturated carbocycles. The van der Waals surface area contributed by atoms with Crippen molar-refractivity contribution < 1.29 is 14.9 Å². The molecule has 0 saturated heterocycles. The van der Waals surface area contributed by atoms with E-state index in [1.54, 1.807) is 6.92 Å². The van der Waals surface area contributed by atoms with Crippen molar-refractivity contribution in [2.45, 2.75) is 13.0 Å². The van der Waals surface area contributed by atoms with E-state index in [1.807, 2.05) is 0 Å². The van der Waals surface area contributed by atoms with Crippen molar-refractivity contribution in [1.82, 2.24) is 0 Å². The molecular weight excluding hydrogens is 108 g/mol. The van der Waals surface area contributed by atoms with Gasteiger partial charge in [-0.3, -0.25) is 0 Å². The maximum atomic E-state index is 9.74. The Balaban J connectivity index is 0. The second-order valence-corrected chi connectivity index (χ2v) is 1.21. The van der Waals surface area contributed by atoms with Gasteiger partial charge < -0.3 is 4.74 Å². The molecule has 1 atom stereocenters. The Bertz CT molecular complexity index is 26.9. The first kappa shape index (κ1) is 10.8. The fourth-order valence-electron chi connectivity index (χ4n) is 0.0680. The zero-order valence-electron chi connectivity index (χ0n) is 5.51. The van der Waals surface area contributed by atoms with Gasteiger partial charge in [-0.25, -0.2) is 10.2 Å². The second kappa shape index (κ2) is 9.99. The van der Waals surface area contributed by atoms with Crippen LogP contribution < -0.4 is 0 Å². The van der Waals surface area contributed by atoms with Gasteiger partial charge in [0.05, 0.1) is 13.2 Å². The van der Waals surface area contributed by atoms with Crippen molar-refractivity contribution in [2.75, 3.05) is 20.8 Å². The quantitative estimate of drug-likeness (QED) is 0.523. The molecule has 3 heteroatoms. The maximum absolute atomic E-state index is 9.74. The minimum absolute atomic E-state index is 0.120. The van der Waals surface area contributed by atoms with Gasteiger partial charge in [-0.15, -0.1) is 0 Å². The summed E-state index contributed by atoms with van der Waals surface area (Å²) in [4.78, 5) is 0. The Morgan fingerprint density at radius 1 is 1.50 bits per heavy atom. The Morgan fingerprint density at radius 2 is 1.88 bits per heavy atom. The van der Waals surface area contributed by atoms with Crippen LogP contribution in [0.5, 0.6) is 0 Å².